The lowest BCUT2D eigenvalue weighted by Gasteiger charge is -2.13. The van der Waals surface area contributed by atoms with Gasteiger partial charge in [0.05, 0.1) is 22.8 Å². The van der Waals surface area contributed by atoms with E-state index in [-0.39, 0.29) is 34.7 Å². The van der Waals surface area contributed by atoms with Gasteiger partial charge < -0.3 is 9.84 Å². The molecule has 5 nitrogen and oxygen atoms in total. The van der Waals surface area contributed by atoms with Crippen LogP contribution in [0.4, 0.5) is 23.2 Å². The summed E-state index contributed by atoms with van der Waals surface area (Å²) in [4.78, 5) is 16.1. The largest absolute Gasteiger partial charge is 0.418 e. The number of para-hydroxylation sites is 1. The zero-order valence-electron chi connectivity index (χ0n) is 15.1. The lowest BCUT2D eigenvalue weighted by Crippen LogP contribution is -2.18. The Bertz CT molecular complexity index is 1020. The number of nitrogens with zero attached hydrogens (tertiary/aromatic N) is 2. The van der Waals surface area contributed by atoms with Gasteiger partial charge in [-0.1, -0.05) is 29.4 Å². The number of amides is 1. The first kappa shape index (κ1) is 20.8. The van der Waals surface area contributed by atoms with Gasteiger partial charge in [0.1, 0.15) is 5.82 Å². The van der Waals surface area contributed by atoms with E-state index in [4.69, 9.17) is 4.52 Å². The van der Waals surface area contributed by atoms with Crippen LogP contribution in [0.2, 0.25) is 0 Å². The first-order valence-electron chi connectivity index (χ1n) is 8.37. The number of carbonyl (C=O) groups is 1. The highest BCUT2D eigenvalue weighted by Crippen LogP contribution is 2.34. The van der Waals surface area contributed by atoms with Crippen LogP contribution in [0.25, 0.3) is 11.4 Å². The Balaban J connectivity index is 1.55. The molecular weight excluding hydrogens is 410 g/mol. The fourth-order valence-electron chi connectivity index (χ4n) is 2.42. The van der Waals surface area contributed by atoms with E-state index >= 15 is 0 Å². The minimum atomic E-state index is -4.56. The molecule has 1 aromatic heterocycles. The maximum absolute atomic E-state index is 13.6. The van der Waals surface area contributed by atoms with Gasteiger partial charge in [0.15, 0.2) is 0 Å². The zero-order chi connectivity index (χ0) is 21.0. The molecular formula is C19H15F4N3O2S. The van der Waals surface area contributed by atoms with Crippen molar-refractivity contribution >= 4 is 23.4 Å². The predicted molar refractivity (Wildman–Crippen MR) is 101 cm³/mol. The fraction of sp³-hybridized carbons (Fsp3) is 0.211. The van der Waals surface area contributed by atoms with Crippen molar-refractivity contribution in [2.75, 3.05) is 11.1 Å². The lowest BCUT2D eigenvalue weighted by atomic mass is 10.1. The van der Waals surface area contributed by atoms with Crippen LogP contribution >= 0.6 is 11.8 Å². The molecule has 0 fully saturated rings. The summed E-state index contributed by atoms with van der Waals surface area (Å²) in [6, 6.07) is 9.30. The second kappa shape index (κ2) is 8.64. The van der Waals surface area contributed by atoms with Gasteiger partial charge in [-0.15, -0.1) is 11.8 Å². The standard InChI is InChI=1S/C19H15F4N3O2S/c1-11-6-7-12(8-14(11)20)18-25-17(28-26-18)10-29-9-16(27)24-15-5-3-2-4-13(15)19(21,22)23/h2-8H,9-10H2,1H3,(H,24,27). The third-order valence-corrected chi connectivity index (χ3v) is 4.78. The van der Waals surface area contributed by atoms with Crippen LogP contribution in [0.1, 0.15) is 17.0 Å². The number of rotatable bonds is 6. The van der Waals surface area contributed by atoms with Gasteiger partial charge in [0.2, 0.25) is 17.6 Å². The Morgan fingerprint density at radius 2 is 1.97 bits per heavy atom. The number of anilines is 1. The zero-order valence-corrected chi connectivity index (χ0v) is 15.9. The van der Waals surface area contributed by atoms with Crippen molar-refractivity contribution in [2.45, 2.75) is 18.9 Å². The Morgan fingerprint density at radius 3 is 2.69 bits per heavy atom. The van der Waals surface area contributed by atoms with Gasteiger partial charge in [0, 0.05) is 5.56 Å². The average Bonchev–Trinajstić information content (AvgIpc) is 3.12. The van der Waals surface area contributed by atoms with Crippen LogP contribution in [0, 0.1) is 12.7 Å². The van der Waals surface area contributed by atoms with Crippen molar-refractivity contribution in [3.05, 3.63) is 65.3 Å². The second-order valence-electron chi connectivity index (χ2n) is 6.06. The van der Waals surface area contributed by atoms with Crippen molar-refractivity contribution in [3.8, 4) is 11.4 Å². The molecule has 0 radical (unpaired) electrons. The Morgan fingerprint density at radius 1 is 1.21 bits per heavy atom. The van der Waals surface area contributed by atoms with E-state index in [1.807, 2.05) is 0 Å². The van der Waals surface area contributed by atoms with E-state index in [0.717, 1.165) is 17.8 Å². The van der Waals surface area contributed by atoms with Crippen LogP contribution in [-0.2, 0) is 16.7 Å². The molecule has 0 unspecified atom stereocenters. The van der Waals surface area contributed by atoms with Gasteiger partial charge in [-0.05, 0) is 30.7 Å². The Labute approximate surface area is 167 Å². The molecule has 29 heavy (non-hydrogen) atoms. The van der Waals surface area contributed by atoms with E-state index in [0.29, 0.717) is 11.1 Å². The maximum Gasteiger partial charge on any atom is 0.418 e. The number of aryl methyl sites for hydroxylation is 1. The van der Waals surface area contributed by atoms with Gasteiger partial charge in [0.25, 0.3) is 0 Å². The number of carbonyl (C=O) groups excluding carboxylic acids is 1. The van der Waals surface area contributed by atoms with Gasteiger partial charge in [-0.2, -0.15) is 18.2 Å². The summed E-state index contributed by atoms with van der Waals surface area (Å²) in [6.45, 7) is 1.63. The third kappa shape index (κ3) is 5.35. The summed E-state index contributed by atoms with van der Waals surface area (Å²) in [5.74, 6) is -0.484. The minimum Gasteiger partial charge on any atom is -0.338 e. The summed E-state index contributed by atoms with van der Waals surface area (Å²) in [6.07, 6.45) is -4.56. The molecule has 1 heterocycles. The quantitative estimate of drug-likeness (QED) is 0.558. The summed E-state index contributed by atoms with van der Waals surface area (Å²) in [5, 5.41) is 6.03. The monoisotopic (exact) mass is 425 g/mol. The topological polar surface area (TPSA) is 68.0 Å². The van der Waals surface area contributed by atoms with Gasteiger partial charge in [-0.25, -0.2) is 4.39 Å². The first-order valence-corrected chi connectivity index (χ1v) is 9.52. The SMILES string of the molecule is Cc1ccc(-c2noc(CSCC(=O)Nc3ccccc3C(F)(F)F)n2)cc1F. The number of nitrogens with one attached hydrogen (secondary N) is 1. The van der Waals surface area contributed by atoms with Gasteiger partial charge in [-0.3, -0.25) is 4.79 Å². The van der Waals surface area contributed by atoms with Gasteiger partial charge >= 0.3 is 6.18 Å². The van der Waals surface area contributed by atoms with E-state index in [1.165, 1.54) is 24.3 Å². The average molecular weight is 425 g/mol. The molecule has 0 aliphatic carbocycles. The summed E-state index contributed by atoms with van der Waals surface area (Å²) >= 11 is 1.10. The van der Waals surface area contributed by atoms with E-state index < -0.39 is 17.6 Å². The van der Waals surface area contributed by atoms with Crippen LogP contribution in [-0.4, -0.2) is 21.8 Å². The number of hydrogen-bond acceptors (Lipinski definition) is 5. The van der Waals surface area contributed by atoms with Crippen molar-refractivity contribution in [1.82, 2.24) is 10.1 Å². The Hall–Kier alpha value is -2.88. The third-order valence-electron chi connectivity index (χ3n) is 3.86. The molecule has 3 rings (SSSR count). The van der Waals surface area contributed by atoms with Crippen LogP contribution < -0.4 is 5.32 Å². The number of thioether (sulfide) groups is 1. The summed E-state index contributed by atoms with van der Waals surface area (Å²) in [7, 11) is 0. The van der Waals surface area contributed by atoms with Crippen LogP contribution in [0.15, 0.2) is 47.0 Å². The summed E-state index contributed by atoms with van der Waals surface area (Å²) in [5.41, 5.74) is -0.266. The molecule has 0 spiro atoms. The van der Waals surface area contributed by atoms with Crippen molar-refractivity contribution in [1.29, 1.82) is 0 Å². The molecule has 2 aromatic carbocycles. The predicted octanol–water partition coefficient (Wildman–Crippen LogP) is 5.07. The second-order valence-corrected chi connectivity index (χ2v) is 7.05. The molecule has 0 aliphatic heterocycles. The lowest BCUT2D eigenvalue weighted by molar-refractivity contribution is -0.137. The highest BCUT2D eigenvalue weighted by Gasteiger charge is 2.33. The van der Waals surface area contributed by atoms with E-state index in [2.05, 4.69) is 15.5 Å². The number of hydrogen-bond donors (Lipinski definition) is 1. The highest BCUT2D eigenvalue weighted by atomic mass is 32.2. The fourth-order valence-corrected chi connectivity index (χ4v) is 3.07. The van der Waals surface area contributed by atoms with E-state index in [9.17, 15) is 22.4 Å². The minimum absolute atomic E-state index is 0.108. The molecule has 0 atom stereocenters. The van der Waals surface area contributed by atoms with E-state index in [1.54, 1.807) is 19.1 Å². The first-order chi connectivity index (χ1) is 13.7. The molecule has 0 bridgehead atoms. The molecule has 0 saturated carbocycles. The number of benzene rings is 2. The smallest absolute Gasteiger partial charge is 0.338 e. The maximum atomic E-state index is 13.6. The number of alkyl halides is 3. The molecule has 0 saturated heterocycles. The van der Waals surface area contributed by atoms with Crippen molar-refractivity contribution in [2.24, 2.45) is 0 Å². The van der Waals surface area contributed by atoms with Crippen molar-refractivity contribution in [3.63, 3.8) is 0 Å². The highest BCUT2D eigenvalue weighted by molar-refractivity contribution is 7.99. The van der Waals surface area contributed by atoms with Crippen LogP contribution in [0.3, 0.4) is 0 Å². The molecule has 1 N–H and O–H groups in total. The molecule has 3 aromatic rings. The number of aromatic nitrogens is 2. The molecule has 10 heteroatoms. The Kier molecular flexibility index (Phi) is 6.21. The molecule has 0 aliphatic rings. The molecule has 1 amide bonds. The van der Waals surface area contributed by atoms with Crippen LogP contribution in [0.5, 0.6) is 0 Å². The summed E-state index contributed by atoms with van der Waals surface area (Å²) < 4.78 is 57.6. The van der Waals surface area contributed by atoms with Crippen molar-refractivity contribution < 1.29 is 26.9 Å². The molecule has 152 valence electrons. The number of halogens is 4. The normalized spacial score (nSPS) is 11.5.